The predicted molar refractivity (Wildman–Crippen MR) is 122 cm³/mol. The number of nitriles is 1. The van der Waals surface area contributed by atoms with E-state index in [2.05, 4.69) is 37.0 Å². The average Bonchev–Trinajstić information content (AvgIpc) is 3.37. The van der Waals surface area contributed by atoms with Crippen LogP contribution in [-0.4, -0.2) is 26.2 Å². The summed E-state index contributed by atoms with van der Waals surface area (Å²) in [5, 5.41) is 13.8. The van der Waals surface area contributed by atoms with Crippen LogP contribution in [0.25, 0.3) is 0 Å². The highest BCUT2D eigenvalue weighted by molar-refractivity contribution is 9.10. The van der Waals surface area contributed by atoms with Crippen LogP contribution in [-0.2, 0) is 13.6 Å². The molecule has 1 aliphatic rings. The fraction of sp³-hybridized carbons (Fsp3) is 0.348. The summed E-state index contributed by atoms with van der Waals surface area (Å²) in [5.41, 5.74) is 9.12. The van der Waals surface area contributed by atoms with Crippen molar-refractivity contribution < 1.29 is 9.13 Å². The van der Waals surface area contributed by atoms with Gasteiger partial charge in [0.1, 0.15) is 23.7 Å². The Bertz CT molecular complexity index is 1170. The van der Waals surface area contributed by atoms with Crippen molar-refractivity contribution in [2.75, 3.05) is 12.3 Å². The first-order valence-electron chi connectivity index (χ1n) is 10.4. The van der Waals surface area contributed by atoms with Crippen molar-refractivity contribution in [2.24, 2.45) is 7.05 Å². The molecule has 166 valence electrons. The van der Waals surface area contributed by atoms with Gasteiger partial charge in [-0.1, -0.05) is 6.07 Å². The Morgan fingerprint density at radius 3 is 2.94 bits per heavy atom. The minimum atomic E-state index is -0.430. The molecule has 1 aliphatic heterocycles. The van der Waals surface area contributed by atoms with Crippen LogP contribution in [0.3, 0.4) is 0 Å². The number of ether oxygens (including phenoxy) is 1. The number of nitrogen functional groups attached to an aromatic ring is 1. The van der Waals surface area contributed by atoms with Gasteiger partial charge < -0.3 is 10.5 Å². The number of anilines is 1. The molecule has 7 nitrogen and oxygen atoms in total. The van der Waals surface area contributed by atoms with Gasteiger partial charge in [0.2, 0.25) is 0 Å². The van der Waals surface area contributed by atoms with Gasteiger partial charge in [0.05, 0.1) is 11.7 Å². The fourth-order valence-corrected chi connectivity index (χ4v) is 4.50. The van der Waals surface area contributed by atoms with Crippen LogP contribution in [0.4, 0.5) is 10.2 Å². The maximum Gasteiger partial charge on any atom is 0.166 e. The number of nitrogens with two attached hydrogens (primary N) is 1. The van der Waals surface area contributed by atoms with Gasteiger partial charge in [0, 0.05) is 24.3 Å². The number of halogens is 2. The van der Waals surface area contributed by atoms with Crippen LogP contribution >= 0.6 is 15.9 Å². The van der Waals surface area contributed by atoms with Crippen molar-refractivity contribution in [3.8, 4) is 11.8 Å². The Hall–Kier alpha value is -2.96. The second-order valence-corrected chi connectivity index (χ2v) is 8.87. The lowest BCUT2D eigenvalue weighted by Crippen LogP contribution is -2.24. The van der Waals surface area contributed by atoms with Crippen LogP contribution in [0.15, 0.2) is 41.0 Å². The summed E-state index contributed by atoms with van der Waals surface area (Å²) in [6.45, 7) is 3.40. The van der Waals surface area contributed by atoms with Gasteiger partial charge in [-0.05, 0) is 77.6 Å². The SMILES string of the molecule is CC(Oc1cc(Br)cnc1N)c1cc(F)ccc1CN1CCC[C@H]1c1cc(C#N)n(C)n1. The lowest BCUT2D eigenvalue weighted by Gasteiger charge is -2.26. The van der Waals surface area contributed by atoms with Crippen LogP contribution in [0, 0.1) is 17.1 Å². The summed E-state index contributed by atoms with van der Waals surface area (Å²) in [6, 6.07) is 10.7. The molecule has 1 saturated heterocycles. The monoisotopic (exact) mass is 498 g/mol. The van der Waals surface area contributed by atoms with E-state index in [1.807, 2.05) is 19.1 Å². The Balaban J connectivity index is 1.59. The highest BCUT2D eigenvalue weighted by Crippen LogP contribution is 2.35. The van der Waals surface area contributed by atoms with Gasteiger partial charge in [-0.25, -0.2) is 9.37 Å². The van der Waals surface area contributed by atoms with Crippen LogP contribution in [0.2, 0.25) is 0 Å². The van der Waals surface area contributed by atoms with Crippen LogP contribution in [0.5, 0.6) is 5.75 Å². The van der Waals surface area contributed by atoms with Gasteiger partial charge in [0.25, 0.3) is 0 Å². The van der Waals surface area contributed by atoms with E-state index >= 15 is 0 Å². The normalized spacial score (nSPS) is 17.3. The molecule has 3 heterocycles. The summed E-state index contributed by atoms with van der Waals surface area (Å²) in [4.78, 5) is 6.42. The number of hydrogen-bond donors (Lipinski definition) is 1. The van der Waals surface area contributed by atoms with Crippen molar-refractivity contribution in [3.63, 3.8) is 0 Å². The second kappa shape index (κ2) is 9.27. The van der Waals surface area contributed by atoms with Crippen molar-refractivity contribution in [1.82, 2.24) is 19.7 Å². The number of rotatable bonds is 6. The number of pyridine rings is 1. The fourth-order valence-electron chi connectivity index (χ4n) is 4.19. The van der Waals surface area contributed by atoms with E-state index in [-0.39, 0.29) is 17.7 Å². The molecule has 0 aliphatic carbocycles. The standard InChI is InChI=1S/C23H24BrFN6O/c1-14(32-22-8-16(24)12-28-23(22)27)19-9-17(25)6-5-15(19)13-31-7-3-4-21(31)20-10-18(11-26)30(2)29-20/h5-6,8-10,12,14,21H,3-4,7,13H2,1-2H3,(H2,27,28)/t14?,21-/m0/s1. The summed E-state index contributed by atoms with van der Waals surface area (Å²) in [5.74, 6) is 0.403. The van der Waals surface area contributed by atoms with E-state index in [0.717, 1.165) is 40.7 Å². The van der Waals surface area contributed by atoms with Crippen molar-refractivity contribution in [2.45, 2.75) is 38.5 Å². The molecular weight excluding hydrogens is 475 g/mol. The van der Waals surface area contributed by atoms with Crippen molar-refractivity contribution >= 4 is 21.7 Å². The molecule has 0 bridgehead atoms. The van der Waals surface area contributed by atoms with E-state index in [9.17, 15) is 9.65 Å². The van der Waals surface area contributed by atoms with Gasteiger partial charge >= 0.3 is 0 Å². The average molecular weight is 499 g/mol. The van der Waals surface area contributed by atoms with E-state index in [4.69, 9.17) is 10.5 Å². The molecule has 3 aromatic rings. The molecule has 2 N–H and O–H groups in total. The van der Waals surface area contributed by atoms with E-state index in [1.54, 1.807) is 24.0 Å². The quantitative estimate of drug-likeness (QED) is 0.531. The molecule has 2 atom stereocenters. The molecule has 1 aromatic carbocycles. The van der Waals surface area contributed by atoms with Gasteiger partial charge in [-0.3, -0.25) is 9.58 Å². The molecule has 9 heteroatoms. The number of hydrogen-bond acceptors (Lipinski definition) is 6. The van der Waals surface area contributed by atoms with E-state index in [0.29, 0.717) is 18.0 Å². The third-order valence-electron chi connectivity index (χ3n) is 5.79. The van der Waals surface area contributed by atoms with Crippen LogP contribution in [0.1, 0.15) is 54.4 Å². The maximum atomic E-state index is 14.2. The third-order valence-corrected chi connectivity index (χ3v) is 6.22. The number of benzene rings is 1. The molecule has 0 radical (unpaired) electrons. The van der Waals surface area contributed by atoms with E-state index < -0.39 is 6.10 Å². The Labute approximate surface area is 194 Å². The summed E-state index contributed by atoms with van der Waals surface area (Å²) in [6.07, 6.45) is 3.17. The van der Waals surface area contributed by atoms with E-state index in [1.165, 1.54) is 12.1 Å². The van der Waals surface area contributed by atoms with Gasteiger partial charge in [-0.15, -0.1) is 0 Å². The largest absolute Gasteiger partial charge is 0.482 e. The lowest BCUT2D eigenvalue weighted by molar-refractivity contribution is 0.215. The van der Waals surface area contributed by atoms with Gasteiger partial charge in [0.15, 0.2) is 11.6 Å². The predicted octanol–water partition coefficient (Wildman–Crippen LogP) is 4.65. The first-order valence-corrected chi connectivity index (χ1v) is 11.2. The molecule has 0 saturated carbocycles. The Kier molecular flexibility index (Phi) is 6.44. The Morgan fingerprint density at radius 2 is 2.19 bits per heavy atom. The Morgan fingerprint density at radius 1 is 1.38 bits per heavy atom. The van der Waals surface area contributed by atoms with Gasteiger partial charge in [-0.2, -0.15) is 10.4 Å². The minimum Gasteiger partial charge on any atom is -0.482 e. The number of nitrogens with zero attached hydrogens (tertiary/aromatic N) is 5. The minimum absolute atomic E-state index is 0.113. The molecule has 4 rings (SSSR count). The molecule has 0 amide bonds. The topological polar surface area (TPSA) is 93.0 Å². The molecule has 1 fully saturated rings. The lowest BCUT2D eigenvalue weighted by atomic mass is 10.0. The highest BCUT2D eigenvalue weighted by Gasteiger charge is 2.29. The molecule has 2 aromatic heterocycles. The molecule has 32 heavy (non-hydrogen) atoms. The smallest absolute Gasteiger partial charge is 0.166 e. The molecular formula is C23H24BrFN6O. The second-order valence-electron chi connectivity index (χ2n) is 7.96. The molecule has 1 unspecified atom stereocenters. The van der Waals surface area contributed by atoms with Crippen LogP contribution < -0.4 is 10.5 Å². The number of aromatic nitrogens is 3. The number of aryl methyl sites for hydroxylation is 1. The summed E-state index contributed by atoms with van der Waals surface area (Å²) < 4.78 is 22.6. The van der Waals surface area contributed by atoms with Crippen molar-refractivity contribution in [3.05, 3.63) is 69.3 Å². The zero-order valence-electron chi connectivity index (χ0n) is 17.9. The molecule has 0 spiro atoms. The maximum absolute atomic E-state index is 14.2. The first-order chi connectivity index (χ1) is 15.4. The zero-order valence-corrected chi connectivity index (χ0v) is 19.5. The third kappa shape index (κ3) is 4.61. The van der Waals surface area contributed by atoms with Crippen molar-refractivity contribution in [1.29, 1.82) is 5.26 Å². The highest BCUT2D eigenvalue weighted by atomic mass is 79.9. The number of likely N-dealkylation sites (tertiary alicyclic amines) is 1. The summed E-state index contributed by atoms with van der Waals surface area (Å²) >= 11 is 3.38. The zero-order chi connectivity index (χ0) is 22.8. The summed E-state index contributed by atoms with van der Waals surface area (Å²) in [7, 11) is 1.78. The first kappa shape index (κ1) is 22.2.